The molecule has 2 heterocycles. The summed E-state index contributed by atoms with van der Waals surface area (Å²) in [6.07, 6.45) is 7.14. The summed E-state index contributed by atoms with van der Waals surface area (Å²) in [7, 11) is -1.17. The number of rotatable bonds is 3. The molecule has 2 aliphatic rings. The lowest BCUT2D eigenvalue weighted by atomic mass is 9.90. The minimum absolute atomic E-state index is 0.118. The molecular weight excluding hydrogens is 361 g/mol. The van der Waals surface area contributed by atoms with Gasteiger partial charge >= 0.3 is 0 Å². The van der Waals surface area contributed by atoms with Crippen LogP contribution >= 0.6 is 0 Å². The van der Waals surface area contributed by atoms with Crippen LogP contribution in [0.25, 0.3) is 0 Å². The highest BCUT2D eigenvalue weighted by Gasteiger charge is 2.36. The maximum Gasteiger partial charge on any atom is 0.129 e. The highest BCUT2D eigenvalue weighted by atomic mass is 32.2. The minimum atomic E-state index is -1.17. The van der Waals surface area contributed by atoms with Gasteiger partial charge in [-0.05, 0) is 30.2 Å². The lowest BCUT2D eigenvalue weighted by Crippen LogP contribution is -2.37. The Morgan fingerprint density at radius 3 is 2.41 bits per heavy atom. The number of fused-ring (bicyclic) bond motifs is 1. The number of halogens is 1. The second kappa shape index (κ2) is 7.12. The summed E-state index contributed by atoms with van der Waals surface area (Å²) in [5, 5.41) is 3.71. The molecule has 0 spiro atoms. The molecule has 2 aromatic carbocycles. The molecule has 6 heteroatoms. The standard InChI is InChI=1S/C21H20FN3OS/c1-14-3-5-16(6-4-14)20-19(15-7-9-17(22)10-8-15)24-13-18-21(27(2)26)23-11-12-25(18)20/h3-13,19-20,23H,1-2H3. The van der Waals surface area contributed by atoms with Crippen LogP contribution in [0, 0.1) is 12.7 Å². The summed E-state index contributed by atoms with van der Waals surface area (Å²) in [6.45, 7) is 2.05. The number of nitrogens with one attached hydrogen (secondary N) is 1. The van der Waals surface area contributed by atoms with Crippen molar-refractivity contribution in [2.75, 3.05) is 6.26 Å². The fourth-order valence-corrected chi connectivity index (χ4v) is 4.17. The SMILES string of the molecule is Cc1ccc(C2C(c3ccc(F)cc3)N=CC3=C(S(C)=O)NC=CN32)cc1. The van der Waals surface area contributed by atoms with Gasteiger partial charge in [0, 0.05) is 24.9 Å². The van der Waals surface area contributed by atoms with E-state index >= 15 is 0 Å². The van der Waals surface area contributed by atoms with E-state index in [9.17, 15) is 8.60 Å². The zero-order valence-corrected chi connectivity index (χ0v) is 15.9. The van der Waals surface area contributed by atoms with Gasteiger partial charge in [0.05, 0.1) is 28.6 Å². The molecule has 0 aliphatic carbocycles. The maximum absolute atomic E-state index is 13.4. The highest BCUT2D eigenvalue weighted by molar-refractivity contribution is 7.88. The first-order valence-corrected chi connectivity index (χ1v) is 10.2. The van der Waals surface area contributed by atoms with Gasteiger partial charge in [0.1, 0.15) is 10.8 Å². The van der Waals surface area contributed by atoms with Crippen LogP contribution in [0.3, 0.4) is 0 Å². The summed E-state index contributed by atoms with van der Waals surface area (Å²) in [6, 6.07) is 14.5. The van der Waals surface area contributed by atoms with Crippen LogP contribution < -0.4 is 5.32 Å². The number of hydrogen-bond donors (Lipinski definition) is 1. The zero-order chi connectivity index (χ0) is 19.0. The molecule has 0 saturated heterocycles. The van der Waals surface area contributed by atoms with Gasteiger partial charge in [0.15, 0.2) is 0 Å². The van der Waals surface area contributed by atoms with Gasteiger partial charge in [0.2, 0.25) is 0 Å². The number of aliphatic imine (C=N–C) groups is 1. The predicted octanol–water partition coefficient (Wildman–Crippen LogP) is 3.92. The Morgan fingerprint density at radius 1 is 1.07 bits per heavy atom. The van der Waals surface area contributed by atoms with E-state index in [-0.39, 0.29) is 17.9 Å². The molecule has 0 fully saturated rings. The molecule has 27 heavy (non-hydrogen) atoms. The molecule has 138 valence electrons. The van der Waals surface area contributed by atoms with Gasteiger partial charge in [-0.3, -0.25) is 9.20 Å². The van der Waals surface area contributed by atoms with Gasteiger partial charge in [-0.25, -0.2) is 4.39 Å². The van der Waals surface area contributed by atoms with Crippen molar-refractivity contribution in [3.63, 3.8) is 0 Å². The molecule has 1 N–H and O–H groups in total. The third kappa shape index (κ3) is 3.32. The van der Waals surface area contributed by atoms with Crippen LogP contribution in [0.5, 0.6) is 0 Å². The van der Waals surface area contributed by atoms with Crippen LogP contribution in [-0.4, -0.2) is 21.6 Å². The lowest BCUT2D eigenvalue weighted by Gasteiger charge is -2.41. The van der Waals surface area contributed by atoms with Gasteiger partial charge in [-0.2, -0.15) is 0 Å². The molecule has 0 saturated carbocycles. The summed E-state index contributed by atoms with van der Waals surface area (Å²) < 4.78 is 25.6. The zero-order valence-electron chi connectivity index (χ0n) is 15.1. The molecule has 2 aromatic rings. The molecule has 3 atom stereocenters. The monoisotopic (exact) mass is 381 g/mol. The Morgan fingerprint density at radius 2 is 1.74 bits per heavy atom. The van der Waals surface area contributed by atoms with Crippen molar-refractivity contribution in [2.24, 2.45) is 4.99 Å². The third-order valence-corrected chi connectivity index (χ3v) is 5.74. The number of benzene rings is 2. The van der Waals surface area contributed by atoms with Crippen molar-refractivity contribution in [3.8, 4) is 0 Å². The summed E-state index contributed by atoms with van der Waals surface area (Å²) in [5.74, 6) is -0.267. The van der Waals surface area contributed by atoms with Crippen molar-refractivity contribution < 1.29 is 8.60 Å². The lowest BCUT2D eigenvalue weighted by molar-refractivity contribution is 0.294. The second-order valence-corrected chi connectivity index (χ2v) is 7.98. The van der Waals surface area contributed by atoms with E-state index in [1.807, 2.05) is 6.20 Å². The number of nitrogens with zero attached hydrogens (tertiary/aromatic N) is 2. The molecule has 4 rings (SSSR count). The van der Waals surface area contributed by atoms with Crippen LogP contribution in [0.15, 0.2) is 76.6 Å². The van der Waals surface area contributed by atoms with Crippen molar-refractivity contribution in [1.82, 2.24) is 10.2 Å². The van der Waals surface area contributed by atoms with Gasteiger partial charge in [0.25, 0.3) is 0 Å². The topological polar surface area (TPSA) is 44.7 Å². The average molecular weight is 381 g/mol. The smallest absolute Gasteiger partial charge is 0.129 e. The van der Waals surface area contributed by atoms with Crippen LogP contribution in [0.2, 0.25) is 0 Å². The van der Waals surface area contributed by atoms with Crippen molar-refractivity contribution in [1.29, 1.82) is 0 Å². The molecule has 0 radical (unpaired) electrons. The first-order valence-electron chi connectivity index (χ1n) is 8.69. The fraction of sp³-hybridized carbons (Fsp3) is 0.190. The van der Waals surface area contributed by atoms with E-state index in [1.165, 1.54) is 17.7 Å². The Labute approximate surface area is 160 Å². The van der Waals surface area contributed by atoms with E-state index in [2.05, 4.69) is 41.4 Å². The van der Waals surface area contributed by atoms with Crippen molar-refractivity contribution in [3.05, 3.63) is 94.2 Å². The first-order chi connectivity index (χ1) is 13.0. The second-order valence-electron chi connectivity index (χ2n) is 6.67. The van der Waals surface area contributed by atoms with E-state index in [0.717, 1.165) is 16.8 Å². The Hall–Kier alpha value is -2.73. The molecular formula is C21H20FN3OS. The van der Waals surface area contributed by atoms with Crippen LogP contribution in [-0.2, 0) is 10.8 Å². The number of allylic oxidation sites excluding steroid dienone is 1. The normalized spacial score (nSPS) is 22.4. The van der Waals surface area contributed by atoms with Crippen LogP contribution in [0.4, 0.5) is 4.39 Å². The largest absolute Gasteiger partial charge is 0.351 e. The van der Waals surface area contributed by atoms with E-state index < -0.39 is 10.8 Å². The quantitative estimate of drug-likeness (QED) is 0.876. The van der Waals surface area contributed by atoms with E-state index in [1.54, 1.807) is 30.8 Å². The minimum Gasteiger partial charge on any atom is -0.351 e. The van der Waals surface area contributed by atoms with Gasteiger partial charge < -0.3 is 10.2 Å². The van der Waals surface area contributed by atoms with E-state index in [0.29, 0.717) is 5.03 Å². The first kappa shape index (κ1) is 17.7. The number of hydrogen-bond acceptors (Lipinski definition) is 4. The van der Waals surface area contributed by atoms with Gasteiger partial charge in [-0.1, -0.05) is 42.0 Å². The molecule has 0 amide bonds. The molecule has 2 aliphatic heterocycles. The fourth-order valence-electron chi connectivity index (χ4n) is 3.48. The Kier molecular flexibility index (Phi) is 4.66. The summed E-state index contributed by atoms with van der Waals surface area (Å²) in [5.41, 5.74) is 4.00. The maximum atomic E-state index is 13.4. The van der Waals surface area contributed by atoms with E-state index in [4.69, 9.17) is 4.99 Å². The highest BCUT2D eigenvalue weighted by Crippen LogP contribution is 2.43. The molecule has 3 unspecified atom stereocenters. The third-order valence-electron chi connectivity index (χ3n) is 4.83. The summed E-state index contributed by atoms with van der Waals surface area (Å²) in [4.78, 5) is 6.87. The van der Waals surface area contributed by atoms with Crippen LogP contribution in [0.1, 0.15) is 28.8 Å². The summed E-state index contributed by atoms with van der Waals surface area (Å²) >= 11 is 0. The molecule has 4 nitrogen and oxygen atoms in total. The Balaban J connectivity index is 1.87. The molecule has 0 aromatic heterocycles. The molecule has 0 bridgehead atoms. The number of aryl methyl sites for hydroxylation is 1. The van der Waals surface area contributed by atoms with Gasteiger partial charge in [-0.15, -0.1) is 0 Å². The van der Waals surface area contributed by atoms with Crippen molar-refractivity contribution >= 4 is 17.0 Å². The predicted molar refractivity (Wildman–Crippen MR) is 107 cm³/mol. The Bertz CT molecular complexity index is 964. The average Bonchev–Trinajstić information content (AvgIpc) is 2.68. The van der Waals surface area contributed by atoms with Crippen molar-refractivity contribution in [2.45, 2.75) is 19.0 Å².